The summed E-state index contributed by atoms with van der Waals surface area (Å²) in [7, 11) is 3.83. The van der Waals surface area contributed by atoms with Crippen LogP contribution in [0.2, 0.25) is 0 Å². The van der Waals surface area contributed by atoms with Gasteiger partial charge in [0.2, 0.25) is 0 Å². The first-order valence-corrected chi connectivity index (χ1v) is 19.0. The number of hydrogen-bond donors (Lipinski definition) is 2. The molecule has 10 heteroatoms. The Labute approximate surface area is 254 Å². The number of nitrogens with zero attached hydrogens (tertiary/aromatic N) is 2. The number of carbonyl (C=O) groups is 4. The number of fused-ring (bicyclic) bond motifs is 4. The third-order valence-corrected chi connectivity index (χ3v) is 12.5. The maximum atomic E-state index is 11.2. The van der Waals surface area contributed by atoms with E-state index >= 15 is 0 Å². The third kappa shape index (κ3) is 7.92. The maximum absolute atomic E-state index is 11.2. The second kappa shape index (κ2) is 15.4. The molecule has 4 aliphatic carbocycles. The lowest BCUT2D eigenvalue weighted by Crippen LogP contribution is -2.38. The minimum absolute atomic E-state index is 0.0104. The van der Waals surface area contributed by atoms with Crippen molar-refractivity contribution in [3.05, 3.63) is 29.6 Å². The van der Waals surface area contributed by atoms with Gasteiger partial charge >= 0.3 is 0 Å². The van der Waals surface area contributed by atoms with Gasteiger partial charge < -0.3 is 5.32 Å². The number of amides is 2. The van der Waals surface area contributed by atoms with Crippen LogP contribution in [0.4, 0.5) is 0 Å². The second-order valence-corrected chi connectivity index (χ2v) is 14.7. The van der Waals surface area contributed by atoms with Crippen LogP contribution < -0.4 is 10.6 Å². The number of rotatable bonds is 1. The Hall–Kier alpha value is -1.59. The molecular weight excluding hydrogens is 566 g/mol. The number of nitrogens with one attached hydrogen (secondary N) is 2. The van der Waals surface area contributed by atoms with Crippen LogP contribution in [0.1, 0.15) is 104 Å². The highest BCUT2D eigenvalue weighted by Gasteiger charge is 2.42. The highest BCUT2D eigenvalue weighted by atomic mass is 32.0. The van der Waals surface area contributed by atoms with Gasteiger partial charge in [0, 0.05) is 43.9 Å². The molecule has 8 rings (SSSR count). The molecule has 0 aromatic carbocycles. The van der Waals surface area contributed by atoms with Gasteiger partial charge in [-0.1, -0.05) is 66.7 Å². The van der Waals surface area contributed by atoms with Crippen LogP contribution in [0, 0.1) is 35.5 Å². The van der Waals surface area contributed by atoms with Crippen LogP contribution in [0.15, 0.2) is 18.5 Å². The Balaban J connectivity index is 0.000000112. The highest BCUT2D eigenvalue weighted by Crippen LogP contribution is 2.42. The van der Waals surface area contributed by atoms with Gasteiger partial charge in [-0.25, -0.2) is 0 Å². The molecule has 0 spiro atoms. The fourth-order valence-electron chi connectivity index (χ4n) is 8.26. The molecule has 4 saturated carbocycles. The molecule has 2 N–H and O–H groups in total. The van der Waals surface area contributed by atoms with E-state index in [9.17, 15) is 19.2 Å². The van der Waals surface area contributed by atoms with Gasteiger partial charge in [-0.05, 0) is 64.0 Å². The lowest BCUT2D eigenvalue weighted by Gasteiger charge is -2.33. The van der Waals surface area contributed by atoms with Gasteiger partial charge in [0.05, 0.1) is 17.5 Å². The van der Waals surface area contributed by atoms with Gasteiger partial charge in [0.15, 0.2) is 0 Å². The van der Waals surface area contributed by atoms with Crippen molar-refractivity contribution in [3.8, 4) is 0 Å². The molecule has 1 aromatic heterocycles. The largest absolute Gasteiger partial charge is 0.316 e. The monoisotopic (exact) mass is 614 g/mol. The smallest absolute Gasteiger partial charge is 0.260 e. The number of aromatic nitrogens is 1. The molecule has 42 heavy (non-hydrogen) atoms. The summed E-state index contributed by atoms with van der Waals surface area (Å²) in [6.45, 7) is 4.37. The van der Waals surface area contributed by atoms with Gasteiger partial charge in [0.1, 0.15) is 11.6 Å². The summed E-state index contributed by atoms with van der Waals surface area (Å²) in [5.41, 5.74) is 0.766. The molecule has 2 saturated heterocycles. The van der Waals surface area contributed by atoms with Crippen molar-refractivity contribution in [2.45, 2.75) is 83.5 Å². The first-order chi connectivity index (χ1) is 20.4. The minimum atomic E-state index is -0.363. The average Bonchev–Trinajstić information content (AvgIpc) is 3.81. The van der Waals surface area contributed by atoms with Crippen LogP contribution in [0.3, 0.4) is 0 Å². The number of hydrogen-bond acceptors (Lipinski definition) is 7. The van der Waals surface area contributed by atoms with E-state index in [0.717, 1.165) is 39.8 Å². The van der Waals surface area contributed by atoms with Gasteiger partial charge in [-0.2, -0.15) is 0 Å². The summed E-state index contributed by atoms with van der Waals surface area (Å²) in [4.78, 5) is 47.9. The van der Waals surface area contributed by atoms with Gasteiger partial charge in [-0.15, -0.1) is 0 Å². The van der Waals surface area contributed by atoms with Crippen molar-refractivity contribution in [3.63, 3.8) is 0 Å². The molecule has 3 aliphatic heterocycles. The van der Waals surface area contributed by atoms with Crippen LogP contribution in [0.25, 0.3) is 0 Å². The zero-order valence-corrected chi connectivity index (χ0v) is 27.0. The molecule has 8 unspecified atom stereocenters. The Morgan fingerprint density at radius 2 is 1.38 bits per heavy atom. The van der Waals surface area contributed by atoms with E-state index in [-0.39, 0.29) is 41.6 Å². The van der Waals surface area contributed by atoms with E-state index in [1.165, 1.54) is 88.3 Å². The number of piperidine rings is 2. The summed E-state index contributed by atoms with van der Waals surface area (Å²) in [5.74, 6) is 4.18. The summed E-state index contributed by atoms with van der Waals surface area (Å²) < 4.78 is 2.61. The van der Waals surface area contributed by atoms with Crippen LogP contribution in [-0.4, -0.2) is 59.2 Å². The lowest BCUT2D eigenvalue weighted by molar-refractivity contribution is -0.122. The Morgan fingerprint density at radius 3 is 2.05 bits per heavy atom. The van der Waals surface area contributed by atoms with E-state index in [1.807, 2.05) is 0 Å². The summed E-state index contributed by atoms with van der Waals surface area (Å²) >= 11 is 0. The van der Waals surface area contributed by atoms with Crippen molar-refractivity contribution in [1.82, 2.24) is 20.3 Å². The lowest BCUT2D eigenvalue weighted by atomic mass is 9.82. The zero-order valence-electron chi connectivity index (χ0n) is 24.8. The van der Waals surface area contributed by atoms with Crippen molar-refractivity contribution >= 4 is 40.7 Å². The summed E-state index contributed by atoms with van der Waals surface area (Å²) in [5, 5.41) is 5.30. The zero-order chi connectivity index (χ0) is 29.5. The van der Waals surface area contributed by atoms with Crippen molar-refractivity contribution in [2.75, 3.05) is 26.2 Å². The maximum Gasteiger partial charge on any atom is 0.260 e. The third-order valence-electron chi connectivity index (χ3n) is 10.6. The van der Waals surface area contributed by atoms with Gasteiger partial charge in [-0.3, -0.25) is 34.1 Å². The van der Waals surface area contributed by atoms with Gasteiger partial charge in [0.25, 0.3) is 11.8 Å². The molecule has 7 aliphatic rings. The summed E-state index contributed by atoms with van der Waals surface area (Å²) in [6.07, 6.45) is 20.8. The fraction of sp³-hybridized carbons (Fsp3) is 0.719. The topological polar surface area (TPSA) is 108 Å². The number of Topliss-reactive ketones (excluding diaryl/α,β-unsaturated/α-hetero) is 2. The van der Waals surface area contributed by atoms with Crippen LogP contribution in [-0.2, 0) is 9.59 Å². The number of imide groups is 1. The predicted molar refractivity (Wildman–Crippen MR) is 169 cm³/mol. The average molecular weight is 615 g/mol. The first kappa shape index (κ1) is 31.8. The van der Waals surface area contributed by atoms with Crippen molar-refractivity contribution in [1.29, 1.82) is 0 Å². The molecule has 8 atom stereocenters. The Bertz CT molecular complexity index is 1070. The van der Waals surface area contributed by atoms with E-state index < -0.39 is 0 Å². The SMILES string of the molecule is C1CCC2CCCC2C1.O=C1CC(=O)C2CNCCC12.O=C1NC(=O)c2cnccc21.PPN1CCC2CCCC2C1. The minimum Gasteiger partial charge on any atom is -0.316 e. The van der Waals surface area contributed by atoms with E-state index in [1.54, 1.807) is 25.7 Å². The molecule has 1 aromatic rings. The Kier molecular flexibility index (Phi) is 11.7. The number of pyridine rings is 1. The van der Waals surface area contributed by atoms with E-state index in [2.05, 4.69) is 29.2 Å². The summed E-state index contributed by atoms with van der Waals surface area (Å²) in [6, 6.07) is 1.52. The number of ketones is 2. The molecule has 4 heterocycles. The van der Waals surface area contributed by atoms with Crippen molar-refractivity contribution < 1.29 is 19.2 Å². The van der Waals surface area contributed by atoms with Crippen molar-refractivity contribution in [2.24, 2.45) is 35.5 Å². The van der Waals surface area contributed by atoms with E-state index in [0.29, 0.717) is 11.1 Å². The molecule has 230 valence electrons. The molecule has 6 fully saturated rings. The molecular formula is C32H48N4O4P2. The van der Waals surface area contributed by atoms with E-state index in [4.69, 9.17) is 0 Å². The normalized spacial score (nSPS) is 33.3. The quantitative estimate of drug-likeness (QED) is 0.255. The highest BCUT2D eigenvalue weighted by molar-refractivity contribution is 8.01. The fourth-order valence-corrected chi connectivity index (χ4v) is 9.56. The first-order valence-electron chi connectivity index (χ1n) is 16.2. The van der Waals surface area contributed by atoms with Crippen LogP contribution >= 0.6 is 17.3 Å². The molecule has 8 nitrogen and oxygen atoms in total. The van der Waals surface area contributed by atoms with Crippen LogP contribution in [0.5, 0.6) is 0 Å². The molecule has 0 bridgehead atoms. The standard InChI is InChI=1S/C9H16.C8H11NO2.C8H17NP2.C7H4N2O2/c1-2-5-9-7-3-6-8(9)4-1;10-7-3-8(11)6-4-9-2-1-5(6)7;10-11-9-5-4-7-2-1-3-8(7)6-9;10-6-4-1-2-8-3-5(4)7(11)9-6/h8-9H,1-7H2;5-6,9H,1-4H2;7-8,11H,1-6,10H2;1-3H,(H,9,10,11). The Morgan fingerprint density at radius 1 is 0.762 bits per heavy atom. The predicted octanol–water partition coefficient (Wildman–Crippen LogP) is 5.19. The molecule has 2 amide bonds. The second-order valence-electron chi connectivity index (χ2n) is 13.1. The molecule has 0 radical (unpaired) electrons. The number of carbonyl (C=O) groups excluding carboxylic acids is 4.